The van der Waals surface area contributed by atoms with Gasteiger partial charge in [-0.25, -0.2) is 4.79 Å². The number of allylic oxidation sites excluding steroid dienone is 1. The van der Waals surface area contributed by atoms with Gasteiger partial charge in [-0.3, -0.25) is 62.3 Å². The number of rotatable bonds is 33. The van der Waals surface area contributed by atoms with Gasteiger partial charge in [-0.15, -0.1) is 0 Å². The lowest BCUT2D eigenvalue weighted by molar-refractivity contribution is -0.157. The molecular formula is C75H123ClN14O16. The van der Waals surface area contributed by atoms with Gasteiger partial charge in [-0.2, -0.15) is 0 Å². The van der Waals surface area contributed by atoms with E-state index in [1.807, 2.05) is 13.8 Å². The molecule has 0 unspecified atom stereocenters. The quantitative estimate of drug-likeness (QED) is 0.0355. The molecule has 0 aliphatic carbocycles. The highest BCUT2D eigenvalue weighted by molar-refractivity contribution is 6.30. The molecule has 1 aromatic rings. The number of cyclic esters (lactones) is 1. The number of aliphatic hydroxyl groups excluding tert-OH is 1. The van der Waals surface area contributed by atoms with E-state index < -0.39 is 203 Å². The van der Waals surface area contributed by atoms with Gasteiger partial charge in [0.1, 0.15) is 84.3 Å². The summed E-state index contributed by atoms with van der Waals surface area (Å²) < 4.78 is 5.96. The third kappa shape index (κ3) is 27.8. The van der Waals surface area contributed by atoms with Gasteiger partial charge < -0.3 is 84.3 Å². The number of carbonyl (C=O) groups excluding carboxylic acids is 14. The van der Waals surface area contributed by atoms with Crippen molar-refractivity contribution in [2.24, 2.45) is 53.1 Å². The number of carbonyl (C=O) groups is 14. The summed E-state index contributed by atoms with van der Waals surface area (Å²) in [4.78, 5) is 202. The van der Waals surface area contributed by atoms with Crippen molar-refractivity contribution >= 4 is 94.4 Å². The van der Waals surface area contributed by atoms with Crippen LogP contribution in [0, 0.1) is 47.3 Å². The molecule has 3 rings (SSSR count). The van der Waals surface area contributed by atoms with Gasteiger partial charge in [0.25, 0.3) is 5.91 Å². The maximum atomic E-state index is 15.1. The number of ether oxygens (including phenoxy) is 1. The number of likely N-dealkylation sites (tertiary alicyclic amines) is 1. The van der Waals surface area contributed by atoms with Crippen molar-refractivity contribution in [3.63, 3.8) is 0 Å². The molecule has 16 atom stereocenters. The van der Waals surface area contributed by atoms with E-state index in [0.717, 1.165) is 6.42 Å². The molecule has 0 aromatic heterocycles. The van der Waals surface area contributed by atoms with Crippen LogP contribution in [0.4, 0.5) is 0 Å². The summed E-state index contributed by atoms with van der Waals surface area (Å²) in [6.45, 7) is 31.6. The van der Waals surface area contributed by atoms with Gasteiger partial charge in [0, 0.05) is 24.4 Å². The molecule has 0 radical (unpaired) electrons. The van der Waals surface area contributed by atoms with E-state index in [0.29, 0.717) is 35.8 Å². The van der Waals surface area contributed by atoms with Gasteiger partial charge in [0.05, 0.1) is 6.10 Å². The normalized spacial score (nSPS) is 22.5. The Morgan fingerprint density at radius 2 is 1.20 bits per heavy atom. The van der Waals surface area contributed by atoms with E-state index >= 15 is 9.59 Å². The molecular weight excluding hydrogens is 1390 g/mol. The summed E-state index contributed by atoms with van der Waals surface area (Å²) in [5.74, 6) is -15.3. The molecule has 2 fully saturated rings. The van der Waals surface area contributed by atoms with Crippen molar-refractivity contribution in [3.05, 3.63) is 46.6 Å². The molecule has 2 saturated heterocycles. The zero-order chi connectivity index (χ0) is 80.3. The number of nitrogens with two attached hydrogens (primary N) is 1. The second-order valence-electron chi connectivity index (χ2n) is 30.3. The number of benzene rings is 1. The molecule has 2 aliphatic heterocycles. The Bertz CT molecular complexity index is 3240. The first kappa shape index (κ1) is 92.0. The lowest BCUT2D eigenvalue weighted by Crippen LogP contribution is -2.64. The van der Waals surface area contributed by atoms with Crippen LogP contribution in [-0.4, -0.2) is 191 Å². The highest BCUT2D eigenvalue weighted by Crippen LogP contribution is 2.24. The van der Waals surface area contributed by atoms with E-state index in [2.05, 4.69) is 63.8 Å². The summed E-state index contributed by atoms with van der Waals surface area (Å²) in [7, 11) is 0. The SMILES string of the molecule is C/C=C1\NC(=O)[C@H](Cc2cccc(Cl)c2)NC(=O)[C@@H](C(C)C)NC(=O)[C@@H]([C@H](C)CC)NC(=O)[C@H](NC(=O)[C@H](NC(=O)[C@H](CCCN)NC(=O)[C@H]2CCCN2C(=O)[C@H](NC(=O)[C@@H](NC(=O)[C@@H](NC(=O)[C@H](NC(=O)CCCC(C)C)C(C)C)[C@@H](C)O)C(C)C)C(C)C)[C@H](C)CC)[C@H](C)OC(=O)[C@H](C(C)C)NC1=O. The minimum absolute atomic E-state index is 0.0565. The molecule has 30 nitrogen and oxygen atoms in total. The van der Waals surface area contributed by atoms with Crippen LogP contribution in [0.3, 0.4) is 0 Å². The lowest BCUT2D eigenvalue weighted by atomic mass is 9.95. The average Bonchev–Trinajstić information content (AvgIpc) is 1.51. The van der Waals surface area contributed by atoms with Gasteiger partial charge in [-0.1, -0.05) is 160 Å². The van der Waals surface area contributed by atoms with Crippen molar-refractivity contribution in [2.75, 3.05) is 13.1 Å². The Balaban J connectivity index is 2.01. The zero-order valence-corrected chi connectivity index (χ0v) is 66.3. The van der Waals surface area contributed by atoms with Crippen LogP contribution < -0.4 is 69.5 Å². The van der Waals surface area contributed by atoms with Crippen LogP contribution in [0.2, 0.25) is 5.02 Å². The highest BCUT2D eigenvalue weighted by atomic mass is 35.5. The van der Waals surface area contributed by atoms with Crippen molar-refractivity contribution in [1.29, 1.82) is 0 Å². The second kappa shape index (κ2) is 44.1. The van der Waals surface area contributed by atoms with Gasteiger partial charge in [0.15, 0.2) is 0 Å². The third-order valence-corrected chi connectivity index (χ3v) is 19.5. The summed E-state index contributed by atoms with van der Waals surface area (Å²) in [6.07, 6.45) is 0.871. The third-order valence-electron chi connectivity index (χ3n) is 19.3. The fourth-order valence-electron chi connectivity index (χ4n) is 12.2. The van der Waals surface area contributed by atoms with Crippen LogP contribution in [0.5, 0.6) is 0 Å². The first-order valence-electron chi connectivity index (χ1n) is 37.6. The first-order valence-corrected chi connectivity index (χ1v) is 38.0. The Morgan fingerprint density at radius 1 is 0.642 bits per heavy atom. The molecule has 2 heterocycles. The monoisotopic (exact) mass is 1510 g/mol. The van der Waals surface area contributed by atoms with Gasteiger partial charge >= 0.3 is 5.97 Å². The van der Waals surface area contributed by atoms with Crippen molar-refractivity contribution < 1.29 is 77.0 Å². The molecule has 1 aromatic carbocycles. The zero-order valence-electron chi connectivity index (χ0n) is 65.5. The van der Waals surface area contributed by atoms with E-state index in [4.69, 9.17) is 22.1 Å². The number of hydrogen-bond acceptors (Lipinski definition) is 17. The van der Waals surface area contributed by atoms with Crippen LogP contribution in [0.15, 0.2) is 36.0 Å². The number of esters is 1. The molecule has 13 amide bonds. The topological polar surface area (TPSA) is 442 Å². The van der Waals surface area contributed by atoms with Crippen LogP contribution in [0.25, 0.3) is 0 Å². The number of halogens is 1. The Hall–Kier alpha value is -8.25. The molecule has 596 valence electrons. The Labute approximate surface area is 630 Å². The standard InChI is InChI=1S/C75H123ClN14O16/c1-20-43(16)59(71(101)89-62-46(19)106-75(105)58(42(14)15)85-63(93)49(22-3)78-65(95)51(36-47-28-24-29-48(76)35-47)80-67(97)55(39(8)9)82-70(100)60(44(17)21-2)87-73(62)103)86-64(94)50(30-25-33-77)79-66(96)52-31-26-34-90(52)74(104)57(41(12)13)84-69(99)56(40(10)11)83-72(102)61(45(18)91)88-68(98)54(38(6)7)81-53(92)32-23-27-37(4)5/h22,24,28-29,35,37-46,50-52,54-62,91H,20-21,23,25-27,30-34,36,77H2,1-19H3,(H,78,95)(H,79,96)(H,80,97)(H,81,92)(H,82,100)(H,83,102)(H,84,99)(H,85,93)(H,86,94)(H,87,103)(H,88,98)(H,89,101)/b49-22-/t43-,44-,45-,46+,50+,51+,52-,54-,55-,56+,57-,58+,59-,60-,61+,62-/m1/s1. The minimum Gasteiger partial charge on any atom is -0.458 e. The van der Waals surface area contributed by atoms with Gasteiger partial charge in [-0.05, 0) is 124 Å². The summed E-state index contributed by atoms with van der Waals surface area (Å²) in [6, 6.07) is -10.0. The summed E-state index contributed by atoms with van der Waals surface area (Å²) >= 11 is 6.31. The lowest BCUT2D eigenvalue weighted by Gasteiger charge is -2.33. The first-order chi connectivity index (χ1) is 49.6. The summed E-state index contributed by atoms with van der Waals surface area (Å²) in [5, 5.41) is 43.4. The number of nitrogens with zero attached hydrogens (tertiary/aromatic N) is 1. The maximum absolute atomic E-state index is 15.1. The Morgan fingerprint density at radius 3 is 1.74 bits per heavy atom. The molecule has 0 saturated carbocycles. The molecule has 106 heavy (non-hydrogen) atoms. The van der Waals surface area contributed by atoms with E-state index in [1.165, 1.54) is 31.7 Å². The smallest absolute Gasteiger partial charge is 0.329 e. The fourth-order valence-corrected chi connectivity index (χ4v) is 12.4. The van der Waals surface area contributed by atoms with E-state index in [9.17, 15) is 62.6 Å². The largest absolute Gasteiger partial charge is 0.458 e. The molecule has 2 aliphatic rings. The van der Waals surface area contributed by atoms with Crippen LogP contribution >= 0.6 is 11.6 Å². The Kier molecular flexibility index (Phi) is 38.3. The van der Waals surface area contributed by atoms with E-state index in [1.54, 1.807) is 121 Å². The maximum Gasteiger partial charge on any atom is 0.329 e. The molecule has 15 N–H and O–H groups in total. The molecule has 31 heteroatoms. The second-order valence-corrected chi connectivity index (χ2v) is 30.8. The predicted octanol–water partition coefficient (Wildman–Crippen LogP) is 2.49. The highest BCUT2D eigenvalue weighted by Gasteiger charge is 2.44. The fraction of sp³-hybridized carbons (Fsp3) is 0.707. The number of hydrogen-bond donors (Lipinski definition) is 14. The number of aliphatic hydroxyl groups is 1. The predicted molar refractivity (Wildman–Crippen MR) is 400 cm³/mol. The summed E-state index contributed by atoms with van der Waals surface area (Å²) in [5.41, 5.74) is 6.20. The molecule has 0 spiro atoms. The van der Waals surface area contributed by atoms with Crippen molar-refractivity contribution in [1.82, 2.24) is 68.7 Å². The average molecular weight is 1510 g/mol. The number of nitrogens with one attached hydrogen (secondary N) is 12. The van der Waals surface area contributed by atoms with Crippen LogP contribution in [-0.2, 0) is 78.3 Å². The van der Waals surface area contributed by atoms with Crippen molar-refractivity contribution in [3.8, 4) is 0 Å². The van der Waals surface area contributed by atoms with Gasteiger partial charge in [0.2, 0.25) is 70.9 Å². The van der Waals surface area contributed by atoms with E-state index in [-0.39, 0.29) is 63.2 Å². The van der Waals surface area contributed by atoms with Crippen molar-refractivity contribution in [2.45, 2.75) is 280 Å². The van der Waals surface area contributed by atoms with Crippen LogP contribution in [0.1, 0.15) is 195 Å². The molecule has 0 bridgehead atoms. The number of amides is 13. The minimum atomic E-state index is -1.84.